The molecule has 0 aromatic carbocycles. The summed E-state index contributed by atoms with van der Waals surface area (Å²) in [5, 5.41) is 5.65. The quantitative estimate of drug-likeness (QED) is 0.766. The summed E-state index contributed by atoms with van der Waals surface area (Å²) in [6.07, 6.45) is 2.95. The first-order chi connectivity index (χ1) is 13.8. The van der Waals surface area contributed by atoms with Gasteiger partial charge in [0.25, 0.3) is 11.8 Å². The molecule has 0 spiro atoms. The van der Waals surface area contributed by atoms with Gasteiger partial charge >= 0.3 is 0 Å². The number of morpholine rings is 1. The molecular formula is C22H28N2O3S2. The number of thiophene rings is 2. The Morgan fingerprint density at radius 2 is 2.00 bits per heavy atom. The maximum absolute atomic E-state index is 13.4. The predicted octanol–water partition coefficient (Wildman–Crippen LogP) is 4.69. The smallest absolute Gasteiger partial charge is 0.266 e. The van der Waals surface area contributed by atoms with E-state index in [1.807, 2.05) is 22.4 Å². The standard InChI is InChI=1S/C22H28N2O3S2/c1-22(2,3)14-6-7-15-17(13-14)29-20(23-19(25)16-5-4-12-28-16)18(15)21(26)24-8-10-27-11-9-24/h4-5,12,14H,6-11,13H2,1-3H3,(H,23,25)/t14-/m0/s1. The maximum atomic E-state index is 13.4. The van der Waals surface area contributed by atoms with Gasteiger partial charge in [0.05, 0.1) is 23.7 Å². The Morgan fingerprint density at radius 3 is 2.66 bits per heavy atom. The van der Waals surface area contributed by atoms with Gasteiger partial charge in [0.15, 0.2) is 0 Å². The Hall–Kier alpha value is -1.70. The second-order valence-corrected chi connectivity index (χ2v) is 10.9. The van der Waals surface area contributed by atoms with Crippen molar-refractivity contribution < 1.29 is 14.3 Å². The molecule has 3 heterocycles. The summed E-state index contributed by atoms with van der Waals surface area (Å²) in [5.74, 6) is 0.476. The molecule has 7 heteroatoms. The van der Waals surface area contributed by atoms with Gasteiger partial charge in [-0.3, -0.25) is 9.59 Å². The van der Waals surface area contributed by atoms with E-state index < -0.39 is 0 Å². The lowest BCUT2D eigenvalue weighted by molar-refractivity contribution is 0.0303. The van der Waals surface area contributed by atoms with E-state index in [1.54, 1.807) is 11.3 Å². The summed E-state index contributed by atoms with van der Waals surface area (Å²) in [4.78, 5) is 29.9. The van der Waals surface area contributed by atoms with E-state index >= 15 is 0 Å². The third kappa shape index (κ3) is 4.27. The van der Waals surface area contributed by atoms with Crippen LogP contribution in [0.1, 0.15) is 57.7 Å². The molecule has 1 N–H and O–H groups in total. The summed E-state index contributed by atoms with van der Waals surface area (Å²) >= 11 is 3.01. The minimum Gasteiger partial charge on any atom is -0.378 e. The predicted molar refractivity (Wildman–Crippen MR) is 118 cm³/mol. The highest BCUT2D eigenvalue weighted by Crippen LogP contribution is 2.44. The summed E-state index contributed by atoms with van der Waals surface area (Å²) in [7, 11) is 0. The zero-order valence-electron chi connectivity index (χ0n) is 17.2. The van der Waals surface area contributed by atoms with Crippen molar-refractivity contribution in [3.63, 3.8) is 0 Å². The Kier molecular flexibility index (Phi) is 5.82. The Bertz CT molecular complexity index is 890. The van der Waals surface area contributed by atoms with Crippen LogP contribution in [0, 0.1) is 11.3 Å². The molecule has 1 aliphatic heterocycles. The van der Waals surface area contributed by atoms with Crippen molar-refractivity contribution in [2.45, 2.75) is 40.0 Å². The van der Waals surface area contributed by atoms with Crippen LogP contribution in [0.25, 0.3) is 0 Å². The Morgan fingerprint density at radius 1 is 1.24 bits per heavy atom. The lowest BCUT2D eigenvalue weighted by atomic mass is 9.72. The average Bonchev–Trinajstić information content (AvgIpc) is 3.34. The van der Waals surface area contributed by atoms with E-state index in [1.165, 1.54) is 16.2 Å². The molecule has 4 rings (SSSR count). The summed E-state index contributed by atoms with van der Waals surface area (Å²) in [6.45, 7) is 9.21. The molecular weight excluding hydrogens is 404 g/mol. The van der Waals surface area contributed by atoms with Crippen molar-refractivity contribution in [3.8, 4) is 0 Å². The number of hydrogen-bond donors (Lipinski definition) is 1. The van der Waals surface area contributed by atoms with Crippen molar-refractivity contribution in [3.05, 3.63) is 38.4 Å². The van der Waals surface area contributed by atoms with Crippen LogP contribution < -0.4 is 5.32 Å². The fourth-order valence-corrected chi connectivity index (χ4v) is 6.07. The molecule has 2 amide bonds. The lowest BCUT2D eigenvalue weighted by Gasteiger charge is -2.34. The van der Waals surface area contributed by atoms with Crippen molar-refractivity contribution in [1.82, 2.24) is 4.90 Å². The Labute approximate surface area is 180 Å². The molecule has 156 valence electrons. The monoisotopic (exact) mass is 432 g/mol. The van der Waals surface area contributed by atoms with Gasteiger partial charge in [0.1, 0.15) is 5.00 Å². The first-order valence-electron chi connectivity index (χ1n) is 10.2. The number of amides is 2. The molecule has 0 radical (unpaired) electrons. The largest absolute Gasteiger partial charge is 0.378 e. The lowest BCUT2D eigenvalue weighted by Crippen LogP contribution is -2.41. The molecule has 5 nitrogen and oxygen atoms in total. The molecule has 2 aliphatic rings. The fraction of sp³-hybridized carbons (Fsp3) is 0.545. The zero-order chi connectivity index (χ0) is 20.6. The normalized spacial score (nSPS) is 19.7. The van der Waals surface area contributed by atoms with Crippen LogP contribution in [-0.4, -0.2) is 43.0 Å². The van der Waals surface area contributed by atoms with Crippen LogP contribution in [0.15, 0.2) is 17.5 Å². The number of nitrogens with one attached hydrogen (secondary N) is 1. The van der Waals surface area contributed by atoms with E-state index in [0.717, 1.165) is 24.8 Å². The summed E-state index contributed by atoms with van der Waals surface area (Å²) in [5.41, 5.74) is 2.09. The minimum atomic E-state index is -0.137. The van der Waals surface area contributed by atoms with Crippen molar-refractivity contribution >= 4 is 39.5 Å². The van der Waals surface area contributed by atoms with E-state index in [2.05, 4.69) is 26.1 Å². The van der Waals surface area contributed by atoms with Gasteiger partial charge < -0.3 is 15.0 Å². The van der Waals surface area contributed by atoms with Crippen LogP contribution in [0.2, 0.25) is 0 Å². The summed E-state index contributed by atoms with van der Waals surface area (Å²) in [6, 6.07) is 3.68. The number of ether oxygens (including phenoxy) is 1. The zero-order valence-corrected chi connectivity index (χ0v) is 18.9. The van der Waals surface area contributed by atoms with Crippen LogP contribution in [0.4, 0.5) is 5.00 Å². The molecule has 1 aliphatic carbocycles. The van der Waals surface area contributed by atoms with Gasteiger partial charge in [-0.15, -0.1) is 22.7 Å². The van der Waals surface area contributed by atoms with E-state index in [4.69, 9.17) is 4.74 Å². The molecule has 2 aromatic heterocycles. The molecule has 2 aromatic rings. The number of hydrogen-bond acceptors (Lipinski definition) is 5. The topological polar surface area (TPSA) is 58.6 Å². The third-order valence-corrected chi connectivity index (χ3v) is 8.01. The molecule has 0 unspecified atom stereocenters. The number of anilines is 1. The molecule has 1 atom stereocenters. The second kappa shape index (κ2) is 8.20. The number of rotatable bonds is 3. The molecule has 29 heavy (non-hydrogen) atoms. The number of fused-ring (bicyclic) bond motifs is 1. The third-order valence-electron chi connectivity index (χ3n) is 5.97. The van der Waals surface area contributed by atoms with E-state index in [-0.39, 0.29) is 17.2 Å². The van der Waals surface area contributed by atoms with Crippen molar-refractivity contribution in [2.24, 2.45) is 11.3 Å². The number of carbonyl (C=O) groups is 2. The number of carbonyl (C=O) groups excluding carboxylic acids is 2. The highest BCUT2D eigenvalue weighted by molar-refractivity contribution is 7.17. The Balaban J connectivity index is 1.68. The first-order valence-corrected chi connectivity index (χ1v) is 11.9. The van der Waals surface area contributed by atoms with Gasteiger partial charge in [-0.05, 0) is 47.6 Å². The molecule has 0 saturated carbocycles. The number of nitrogens with zero attached hydrogens (tertiary/aromatic N) is 1. The van der Waals surface area contributed by atoms with E-state index in [0.29, 0.717) is 47.7 Å². The van der Waals surface area contributed by atoms with Gasteiger partial charge in [-0.1, -0.05) is 26.8 Å². The SMILES string of the molecule is CC(C)(C)[C@H]1CCc2c(sc(NC(=O)c3cccs3)c2C(=O)N2CCOCC2)C1. The maximum Gasteiger partial charge on any atom is 0.266 e. The van der Waals surface area contributed by atoms with Crippen LogP contribution in [0.5, 0.6) is 0 Å². The first kappa shape index (κ1) is 20.6. The fourth-order valence-electron chi connectivity index (χ4n) is 4.14. The van der Waals surface area contributed by atoms with Crippen molar-refractivity contribution in [2.75, 3.05) is 31.6 Å². The second-order valence-electron chi connectivity index (χ2n) is 8.85. The van der Waals surface area contributed by atoms with Crippen LogP contribution in [0.3, 0.4) is 0 Å². The van der Waals surface area contributed by atoms with E-state index in [9.17, 15) is 9.59 Å². The molecule has 0 bridgehead atoms. The molecule has 1 fully saturated rings. The molecule has 1 saturated heterocycles. The summed E-state index contributed by atoms with van der Waals surface area (Å²) < 4.78 is 5.42. The highest BCUT2D eigenvalue weighted by atomic mass is 32.1. The van der Waals surface area contributed by atoms with Gasteiger partial charge in [0, 0.05) is 18.0 Å². The minimum absolute atomic E-state index is 0.0292. The van der Waals surface area contributed by atoms with Gasteiger partial charge in [-0.25, -0.2) is 0 Å². The van der Waals surface area contributed by atoms with Gasteiger partial charge in [-0.2, -0.15) is 0 Å². The van der Waals surface area contributed by atoms with Crippen LogP contribution >= 0.6 is 22.7 Å². The highest BCUT2D eigenvalue weighted by Gasteiger charge is 2.35. The average molecular weight is 433 g/mol. The van der Waals surface area contributed by atoms with Crippen LogP contribution in [-0.2, 0) is 17.6 Å². The van der Waals surface area contributed by atoms with Crippen molar-refractivity contribution in [1.29, 1.82) is 0 Å². The van der Waals surface area contributed by atoms with Gasteiger partial charge in [0.2, 0.25) is 0 Å².